The zero-order valence-electron chi connectivity index (χ0n) is 20.3. The van der Waals surface area contributed by atoms with Crippen molar-refractivity contribution < 1.29 is 22.7 Å². The van der Waals surface area contributed by atoms with E-state index in [1.807, 2.05) is 37.3 Å². The predicted octanol–water partition coefficient (Wildman–Crippen LogP) is 3.96. The molecule has 4 unspecified atom stereocenters. The molecule has 2 aromatic rings. The van der Waals surface area contributed by atoms with Crippen LogP contribution in [0.25, 0.3) is 0 Å². The number of benzene rings is 2. The first-order valence-electron chi connectivity index (χ1n) is 11.9. The summed E-state index contributed by atoms with van der Waals surface area (Å²) in [5.74, 6) is 0.591. The van der Waals surface area contributed by atoms with Gasteiger partial charge in [-0.1, -0.05) is 44.2 Å². The Balaban J connectivity index is 1.62. The van der Waals surface area contributed by atoms with Gasteiger partial charge < -0.3 is 14.4 Å². The molecule has 0 N–H and O–H groups in total. The van der Waals surface area contributed by atoms with Crippen molar-refractivity contribution >= 4 is 15.9 Å². The third-order valence-corrected chi connectivity index (χ3v) is 8.44. The Kier molecular flexibility index (Phi) is 7.31. The Morgan fingerprint density at radius 2 is 1.65 bits per heavy atom. The maximum Gasteiger partial charge on any atom is 0.254 e. The number of hydrogen-bond donors (Lipinski definition) is 0. The SMILES string of the molecule is COc1ccc(C(=O)N2CC(C)OC(c3ccccc3)C2)cc1S(=O)(=O)N1CC(C)CC(C)C1. The molecule has 4 rings (SSSR count). The van der Waals surface area contributed by atoms with Crippen molar-refractivity contribution in [1.29, 1.82) is 0 Å². The standard InChI is InChI=1S/C26H34N2O5S/c1-18-12-19(2)15-28(14-18)34(30,31)25-13-22(10-11-23(25)32-4)26(29)27-16-20(3)33-24(17-27)21-8-6-5-7-9-21/h5-11,13,18-20,24H,12,14-17H2,1-4H3. The lowest BCUT2D eigenvalue weighted by Gasteiger charge is -2.37. The lowest BCUT2D eigenvalue weighted by molar-refractivity contribution is -0.0691. The van der Waals surface area contributed by atoms with E-state index in [2.05, 4.69) is 13.8 Å². The fraction of sp³-hybridized carbons (Fsp3) is 0.500. The zero-order chi connectivity index (χ0) is 24.5. The number of hydrogen-bond acceptors (Lipinski definition) is 5. The number of carbonyl (C=O) groups is 1. The van der Waals surface area contributed by atoms with E-state index in [4.69, 9.17) is 9.47 Å². The van der Waals surface area contributed by atoms with Crippen LogP contribution in [0.15, 0.2) is 53.4 Å². The topological polar surface area (TPSA) is 76.1 Å². The van der Waals surface area contributed by atoms with Crippen LogP contribution in [0.2, 0.25) is 0 Å². The van der Waals surface area contributed by atoms with Gasteiger partial charge in [-0.3, -0.25) is 4.79 Å². The van der Waals surface area contributed by atoms with E-state index in [0.717, 1.165) is 12.0 Å². The Hall–Kier alpha value is -2.42. The first kappa shape index (κ1) is 24.7. The molecule has 7 nitrogen and oxygen atoms in total. The summed E-state index contributed by atoms with van der Waals surface area (Å²) in [4.78, 5) is 15.3. The van der Waals surface area contributed by atoms with Gasteiger partial charge in [0.05, 0.1) is 19.8 Å². The van der Waals surface area contributed by atoms with Crippen LogP contribution >= 0.6 is 0 Å². The lowest BCUT2D eigenvalue weighted by atomic mass is 9.94. The molecular weight excluding hydrogens is 452 g/mol. The van der Waals surface area contributed by atoms with Gasteiger partial charge in [-0.05, 0) is 48.9 Å². The van der Waals surface area contributed by atoms with Gasteiger partial charge in [-0.15, -0.1) is 0 Å². The van der Waals surface area contributed by atoms with Crippen LogP contribution < -0.4 is 4.74 Å². The first-order chi connectivity index (χ1) is 16.2. The molecule has 0 radical (unpaired) electrons. The second-order valence-electron chi connectivity index (χ2n) is 9.69. The Bertz CT molecular complexity index is 1110. The van der Waals surface area contributed by atoms with E-state index >= 15 is 0 Å². The van der Waals surface area contributed by atoms with Crippen LogP contribution in [0.3, 0.4) is 0 Å². The molecule has 2 aliphatic rings. The third-order valence-electron chi connectivity index (χ3n) is 6.58. The largest absolute Gasteiger partial charge is 0.495 e. The molecule has 184 valence electrons. The third kappa shape index (κ3) is 5.14. The van der Waals surface area contributed by atoms with Gasteiger partial charge in [0.25, 0.3) is 5.91 Å². The molecule has 2 heterocycles. The van der Waals surface area contributed by atoms with Gasteiger partial charge in [0.1, 0.15) is 16.7 Å². The Morgan fingerprint density at radius 3 is 2.29 bits per heavy atom. The average Bonchev–Trinajstić information content (AvgIpc) is 2.82. The number of morpholine rings is 1. The molecule has 0 saturated carbocycles. The highest BCUT2D eigenvalue weighted by atomic mass is 32.2. The number of nitrogens with zero attached hydrogens (tertiary/aromatic N) is 2. The summed E-state index contributed by atoms with van der Waals surface area (Å²) in [5, 5.41) is 0. The van der Waals surface area contributed by atoms with Gasteiger partial charge in [0, 0.05) is 25.2 Å². The monoisotopic (exact) mass is 486 g/mol. The van der Waals surface area contributed by atoms with Gasteiger partial charge in [-0.2, -0.15) is 4.31 Å². The molecule has 0 spiro atoms. The number of piperidine rings is 1. The van der Waals surface area contributed by atoms with Crippen molar-refractivity contribution in [3.8, 4) is 5.75 Å². The number of carbonyl (C=O) groups excluding carboxylic acids is 1. The summed E-state index contributed by atoms with van der Waals surface area (Å²) < 4.78 is 40.2. The van der Waals surface area contributed by atoms with E-state index in [9.17, 15) is 13.2 Å². The molecule has 1 amide bonds. The fourth-order valence-corrected chi connectivity index (χ4v) is 6.97. The summed E-state index contributed by atoms with van der Waals surface area (Å²) in [7, 11) is -2.36. The van der Waals surface area contributed by atoms with Crippen molar-refractivity contribution in [2.24, 2.45) is 11.8 Å². The van der Waals surface area contributed by atoms with Crippen LogP contribution in [0.1, 0.15) is 49.2 Å². The second-order valence-corrected chi connectivity index (χ2v) is 11.6. The highest BCUT2D eigenvalue weighted by Crippen LogP contribution is 2.33. The highest BCUT2D eigenvalue weighted by Gasteiger charge is 2.35. The van der Waals surface area contributed by atoms with E-state index in [1.54, 1.807) is 17.0 Å². The van der Waals surface area contributed by atoms with Crippen molar-refractivity contribution in [2.45, 2.75) is 44.3 Å². The van der Waals surface area contributed by atoms with Crippen molar-refractivity contribution in [1.82, 2.24) is 9.21 Å². The van der Waals surface area contributed by atoms with E-state index in [-0.39, 0.29) is 40.6 Å². The second kappa shape index (κ2) is 10.1. The highest BCUT2D eigenvalue weighted by molar-refractivity contribution is 7.89. The molecular formula is C26H34N2O5S. The number of ether oxygens (including phenoxy) is 2. The van der Waals surface area contributed by atoms with Crippen LogP contribution in [-0.2, 0) is 14.8 Å². The normalized spacial score (nSPS) is 26.3. The van der Waals surface area contributed by atoms with Crippen molar-refractivity contribution in [3.63, 3.8) is 0 Å². The van der Waals surface area contributed by atoms with E-state index in [1.165, 1.54) is 17.5 Å². The van der Waals surface area contributed by atoms with Crippen molar-refractivity contribution in [2.75, 3.05) is 33.3 Å². The van der Waals surface area contributed by atoms with Gasteiger partial charge in [0.15, 0.2) is 0 Å². The van der Waals surface area contributed by atoms with Crippen LogP contribution in [-0.4, -0.2) is 62.9 Å². The molecule has 8 heteroatoms. The summed E-state index contributed by atoms with van der Waals surface area (Å²) in [6, 6.07) is 14.5. The molecule has 4 atom stereocenters. The first-order valence-corrected chi connectivity index (χ1v) is 13.3. The average molecular weight is 487 g/mol. The fourth-order valence-electron chi connectivity index (χ4n) is 5.10. The number of sulfonamides is 1. The van der Waals surface area contributed by atoms with E-state index < -0.39 is 10.0 Å². The molecule has 34 heavy (non-hydrogen) atoms. The van der Waals surface area contributed by atoms with Crippen LogP contribution in [0.4, 0.5) is 0 Å². The molecule has 0 aliphatic carbocycles. The number of rotatable bonds is 5. The minimum atomic E-state index is -3.81. The van der Waals surface area contributed by atoms with Crippen molar-refractivity contribution in [3.05, 3.63) is 59.7 Å². The summed E-state index contributed by atoms with van der Waals surface area (Å²) >= 11 is 0. The maximum atomic E-state index is 13.6. The van der Waals surface area contributed by atoms with Gasteiger partial charge in [0.2, 0.25) is 10.0 Å². The molecule has 2 aromatic carbocycles. The zero-order valence-corrected chi connectivity index (χ0v) is 21.1. The lowest BCUT2D eigenvalue weighted by Crippen LogP contribution is -2.46. The Morgan fingerprint density at radius 1 is 0.971 bits per heavy atom. The summed E-state index contributed by atoms with van der Waals surface area (Å²) in [5.41, 5.74) is 1.34. The predicted molar refractivity (Wildman–Crippen MR) is 130 cm³/mol. The smallest absolute Gasteiger partial charge is 0.254 e. The maximum absolute atomic E-state index is 13.6. The minimum Gasteiger partial charge on any atom is -0.495 e. The summed E-state index contributed by atoms with van der Waals surface area (Å²) in [6.07, 6.45) is 0.631. The quantitative estimate of drug-likeness (QED) is 0.639. The van der Waals surface area contributed by atoms with Gasteiger partial charge >= 0.3 is 0 Å². The minimum absolute atomic E-state index is 0.0445. The van der Waals surface area contributed by atoms with Gasteiger partial charge in [-0.25, -0.2) is 8.42 Å². The molecule has 0 bridgehead atoms. The Labute approximate surface area is 202 Å². The molecule has 2 aliphatic heterocycles. The molecule has 2 fully saturated rings. The van der Waals surface area contributed by atoms with Crippen LogP contribution in [0, 0.1) is 11.8 Å². The number of amides is 1. The van der Waals surface area contributed by atoms with E-state index in [0.29, 0.717) is 31.7 Å². The molecule has 2 saturated heterocycles. The molecule has 0 aromatic heterocycles. The summed E-state index contributed by atoms with van der Waals surface area (Å²) in [6.45, 7) is 7.86. The van der Waals surface area contributed by atoms with Crippen LogP contribution in [0.5, 0.6) is 5.75 Å². The number of methoxy groups -OCH3 is 1.